The van der Waals surface area contributed by atoms with Crippen LogP contribution in [0.2, 0.25) is 0 Å². The molecule has 132 valence electrons. The molecule has 1 aliphatic heterocycles. The highest BCUT2D eigenvalue weighted by Crippen LogP contribution is 2.26. The number of carbonyl (C=O) groups excluding carboxylic acids is 1. The Bertz CT molecular complexity index is 696. The molecule has 2 aromatic rings. The maximum Gasteiger partial charge on any atom is 0.281 e. The van der Waals surface area contributed by atoms with E-state index in [1.54, 1.807) is 6.20 Å². The second-order valence-electron chi connectivity index (χ2n) is 5.84. The van der Waals surface area contributed by atoms with Crippen LogP contribution in [0, 0.1) is 0 Å². The summed E-state index contributed by atoms with van der Waals surface area (Å²) in [6, 6.07) is 13.6. The van der Waals surface area contributed by atoms with Gasteiger partial charge in [0, 0.05) is 13.2 Å². The van der Waals surface area contributed by atoms with Crippen LogP contribution in [0.25, 0.3) is 0 Å². The van der Waals surface area contributed by atoms with Gasteiger partial charge in [0.05, 0.1) is 11.8 Å². The molecule has 1 amide bonds. The molecule has 1 aliphatic rings. The zero-order valence-electron chi connectivity index (χ0n) is 14.0. The second-order valence-corrected chi connectivity index (χ2v) is 7.05. The first-order valence-corrected chi connectivity index (χ1v) is 8.99. The lowest BCUT2D eigenvalue weighted by Crippen LogP contribution is -2.31. The topological polar surface area (TPSA) is 74.7 Å². The first-order valence-electron chi connectivity index (χ1n) is 8.11. The van der Waals surface area contributed by atoms with Gasteiger partial charge in [0.2, 0.25) is 0 Å². The third kappa shape index (κ3) is 4.87. The highest BCUT2D eigenvalue weighted by atomic mass is 32.2. The lowest BCUT2D eigenvalue weighted by Gasteiger charge is -2.18. The molecule has 2 heterocycles. The molecule has 2 N–H and O–H groups in total. The number of benzene rings is 1. The number of aliphatic hydroxyl groups is 1. The molecule has 0 saturated carbocycles. The van der Waals surface area contributed by atoms with E-state index in [1.807, 2.05) is 54.4 Å². The normalized spacial score (nSPS) is 19.5. The number of nitrogens with zero attached hydrogens (tertiary/aromatic N) is 2. The van der Waals surface area contributed by atoms with Crippen molar-refractivity contribution in [3.63, 3.8) is 0 Å². The number of rotatable bonds is 7. The smallest absolute Gasteiger partial charge is 0.281 e. The lowest BCUT2D eigenvalue weighted by molar-refractivity contribution is 0.152. The van der Waals surface area contributed by atoms with Crippen LogP contribution in [0.1, 0.15) is 5.56 Å². The summed E-state index contributed by atoms with van der Waals surface area (Å²) >= 11 is 1.14. The van der Waals surface area contributed by atoms with Gasteiger partial charge in [-0.1, -0.05) is 30.0 Å². The minimum atomic E-state index is -0.782. The van der Waals surface area contributed by atoms with Gasteiger partial charge in [0.1, 0.15) is 24.4 Å². The summed E-state index contributed by atoms with van der Waals surface area (Å²) < 4.78 is 5.77. The van der Waals surface area contributed by atoms with Gasteiger partial charge in [-0.25, -0.2) is 4.98 Å². The maximum atomic E-state index is 11.2. The molecule has 0 aliphatic carbocycles. The summed E-state index contributed by atoms with van der Waals surface area (Å²) in [6.45, 7) is 1.29. The van der Waals surface area contributed by atoms with Crippen LogP contribution in [-0.2, 0) is 6.42 Å². The van der Waals surface area contributed by atoms with Crippen molar-refractivity contribution >= 4 is 22.8 Å². The Labute approximate surface area is 151 Å². The zero-order chi connectivity index (χ0) is 17.6. The molecule has 1 saturated heterocycles. The molecule has 0 radical (unpaired) electrons. The Kier molecular flexibility index (Phi) is 5.78. The quantitative estimate of drug-likeness (QED) is 0.790. The zero-order valence-corrected chi connectivity index (χ0v) is 14.8. The summed E-state index contributed by atoms with van der Waals surface area (Å²) in [5, 5.41) is 11.9. The van der Waals surface area contributed by atoms with E-state index in [0.29, 0.717) is 13.0 Å². The van der Waals surface area contributed by atoms with Crippen molar-refractivity contribution in [3.05, 3.63) is 54.2 Å². The Morgan fingerprint density at radius 3 is 2.72 bits per heavy atom. The maximum absolute atomic E-state index is 11.2. The van der Waals surface area contributed by atoms with Crippen molar-refractivity contribution in [1.82, 2.24) is 10.3 Å². The molecule has 1 aromatic heterocycles. The van der Waals surface area contributed by atoms with Crippen molar-refractivity contribution in [2.45, 2.75) is 17.9 Å². The molecule has 25 heavy (non-hydrogen) atoms. The van der Waals surface area contributed by atoms with E-state index in [-0.39, 0.29) is 10.5 Å². The van der Waals surface area contributed by atoms with E-state index in [0.717, 1.165) is 35.4 Å². The number of hydrogen-bond donors (Lipinski definition) is 2. The average molecular weight is 359 g/mol. The van der Waals surface area contributed by atoms with E-state index >= 15 is 0 Å². The first kappa shape index (κ1) is 17.6. The van der Waals surface area contributed by atoms with Crippen molar-refractivity contribution < 1.29 is 14.6 Å². The van der Waals surface area contributed by atoms with Crippen molar-refractivity contribution in [1.29, 1.82) is 0 Å². The summed E-state index contributed by atoms with van der Waals surface area (Å²) in [5.74, 6) is 1.71. The molecule has 3 rings (SSSR count). The number of ether oxygens (including phenoxy) is 1. The van der Waals surface area contributed by atoms with Gasteiger partial charge in [0.25, 0.3) is 5.24 Å². The fourth-order valence-electron chi connectivity index (χ4n) is 2.55. The van der Waals surface area contributed by atoms with Crippen molar-refractivity contribution in [2.24, 2.45) is 0 Å². The van der Waals surface area contributed by atoms with Crippen LogP contribution in [0.5, 0.6) is 5.75 Å². The summed E-state index contributed by atoms with van der Waals surface area (Å²) in [6.07, 6.45) is 1.62. The van der Waals surface area contributed by atoms with Crippen molar-refractivity contribution in [2.75, 3.05) is 25.1 Å². The van der Waals surface area contributed by atoms with Gasteiger partial charge in [0.15, 0.2) is 0 Å². The predicted octanol–water partition coefficient (Wildman–Crippen LogP) is 2.28. The Balaban J connectivity index is 1.45. The molecule has 0 spiro atoms. The number of amides is 1. The number of likely N-dealkylation sites (N-methyl/N-ethyl adjacent to an activating group) is 1. The largest absolute Gasteiger partial charge is 0.492 e. The monoisotopic (exact) mass is 359 g/mol. The van der Waals surface area contributed by atoms with Crippen LogP contribution < -0.4 is 15.0 Å². The molecule has 6 nitrogen and oxygen atoms in total. The molecular weight excluding hydrogens is 338 g/mol. The van der Waals surface area contributed by atoms with E-state index in [9.17, 15) is 9.90 Å². The van der Waals surface area contributed by atoms with Crippen LogP contribution in [0.3, 0.4) is 0 Å². The molecule has 7 heteroatoms. The van der Waals surface area contributed by atoms with E-state index < -0.39 is 6.23 Å². The van der Waals surface area contributed by atoms with Gasteiger partial charge in [-0.3, -0.25) is 4.79 Å². The summed E-state index contributed by atoms with van der Waals surface area (Å²) in [4.78, 5) is 17.6. The van der Waals surface area contributed by atoms with E-state index in [4.69, 9.17) is 4.74 Å². The van der Waals surface area contributed by atoms with Gasteiger partial charge in [-0.2, -0.15) is 0 Å². The first-order chi connectivity index (χ1) is 12.1. The number of carbonyl (C=O) groups is 1. The Morgan fingerprint density at radius 2 is 2.08 bits per heavy atom. The highest BCUT2D eigenvalue weighted by Gasteiger charge is 2.31. The number of aromatic nitrogens is 1. The fourth-order valence-corrected chi connectivity index (χ4v) is 3.49. The van der Waals surface area contributed by atoms with Gasteiger partial charge in [-0.05, 0) is 36.2 Å². The number of hydrogen-bond acceptors (Lipinski definition) is 6. The molecule has 1 fully saturated rings. The van der Waals surface area contributed by atoms with Crippen LogP contribution in [0.4, 0.5) is 10.6 Å². The van der Waals surface area contributed by atoms with Gasteiger partial charge >= 0.3 is 0 Å². The van der Waals surface area contributed by atoms with Crippen LogP contribution >= 0.6 is 11.8 Å². The summed E-state index contributed by atoms with van der Waals surface area (Å²) in [5.41, 5.74) is 1.06. The average Bonchev–Trinajstić information content (AvgIpc) is 2.94. The highest BCUT2D eigenvalue weighted by molar-refractivity contribution is 8.14. The molecule has 1 aromatic carbocycles. The lowest BCUT2D eigenvalue weighted by atomic mass is 10.1. The van der Waals surface area contributed by atoms with Gasteiger partial charge < -0.3 is 20.1 Å². The minimum absolute atomic E-state index is 0.147. The van der Waals surface area contributed by atoms with Crippen LogP contribution in [-0.4, -0.2) is 47.0 Å². The third-order valence-electron chi connectivity index (χ3n) is 3.97. The fraction of sp³-hybridized carbons (Fsp3) is 0.333. The number of nitrogens with one attached hydrogen (secondary N) is 1. The SMILES string of the molecule is CN(CCOc1ccc(CC2SC(=O)NC2O)cc1)c1ccccn1. The molecule has 2 atom stereocenters. The molecular formula is C18H21N3O3S. The summed E-state index contributed by atoms with van der Waals surface area (Å²) in [7, 11) is 1.98. The molecule has 2 unspecified atom stereocenters. The van der Waals surface area contributed by atoms with Gasteiger partial charge in [-0.15, -0.1) is 0 Å². The predicted molar refractivity (Wildman–Crippen MR) is 99.1 cm³/mol. The molecule has 0 bridgehead atoms. The van der Waals surface area contributed by atoms with Crippen LogP contribution in [0.15, 0.2) is 48.7 Å². The van der Waals surface area contributed by atoms with Crippen molar-refractivity contribution in [3.8, 4) is 5.75 Å². The van der Waals surface area contributed by atoms with E-state index in [1.165, 1.54) is 0 Å². The second kappa shape index (κ2) is 8.22. The number of pyridine rings is 1. The minimum Gasteiger partial charge on any atom is -0.492 e. The third-order valence-corrected chi connectivity index (χ3v) is 5.03. The Hall–Kier alpha value is -2.25. The number of thioether (sulfide) groups is 1. The standard InChI is InChI=1S/C18H21N3O3S/c1-21(16-4-2-3-9-19-16)10-11-24-14-7-5-13(6-8-14)12-15-17(22)20-18(23)25-15/h2-9,15,17,22H,10-12H2,1H3,(H,20,23). The number of anilines is 1. The number of aliphatic hydroxyl groups excluding tert-OH is 1. The Morgan fingerprint density at radius 1 is 1.28 bits per heavy atom. The van der Waals surface area contributed by atoms with E-state index in [2.05, 4.69) is 10.3 Å².